The van der Waals surface area contributed by atoms with Gasteiger partial charge in [0.25, 0.3) is 0 Å². The molecule has 2 aromatic carbocycles. The Kier molecular flexibility index (Phi) is 4.57. The molecule has 6 heteroatoms. The second-order valence-corrected chi connectivity index (χ2v) is 6.76. The van der Waals surface area contributed by atoms with Crippen molar-refractivity contribution in [2.24, 2.45) is 4.99 Å². The van der Waals surface area contributed by atoms with Crippen molar-refractivity contribution in [2.75, 3.05) is 0 Å². The van der Waals surface area contributed by atoms with Crippen LogP contribution in [0.4, 0.5) is 0 Å². The number of carbonyl (C=O) groups is 1. The third-order valence-electron chi connectivity index (χ3n) is 4.63. The molecule has 1 aliphatic rings. The number of fused-ring (bicyclic) bond motifs is 1. The number of rotatable bonds is 5. The lowest BCUT2D eigenvalue weighted by molar-refractivity contribution is -0.129. The molecule has 30 heavy (non-hydrogen) atoms. The Hall–Kier alpha value is -4.19. The molecule has 2 aromatic heterocycles. The fourth-order valence-electron chi connectivity index (χ4n) is 3.15. The van der Waals surface area contributed by atoms with Crippen molar-refractivity contribution >= 4 is 23.6 Å². The van der Waals surface area contributed by atoms with Crippen molar-refractivity contribution in [1.29, 1.82) is 0 Å². The number of carbonyl (C=O) groups excluding carboxylic acids is 1. The first-order chi connectivity index (χ1) is 14.7. The van der Waals surface area contributed by atoms with Crippen LogP contribution < -0.4 is 4.74 Å². The van der Waals surface area contributed by atoms with Gasteiger partial charge in [0.15, 0.2) is 5.70 Å². The quantitative estimate of drug-likeness (QED) is 0.374. The minimum atomic E-state index is -0.457. The summed E-state index contributed by atoms with van der Waals surface area (Å²) in [6, 6.07) is 22.7. The van der Waals surface area contributed by atoms with E-state index in [9.17, 15) is 4.79 Å². The van der Waals surface area contributed by atoms with Gasteiger partial charge < -0.3 is 13.9 Å². The first-order valence-electron chi connectivity index (χ1n) is 9.48. The molecular weight excluding hydrogens is 378 g/mol. The van der Waals surface area contributed by atoms with E-state index in [-0.39, 0.29) is 5.70 Å². The summed E-state index contributed by atoms with van der Waals surface area (Å²) in [7, 11) is 0. The molecule has 5 rings (SSSR count). The van der Waals surface area contributed by atoms with E-state index in [4.69, 9.17) is 9.47 Å². The summed E-state index contributed by atoms with van der Waals surface area (Å²) in [6.07, 6.45) is 5.60. The molecule has 0 spiro atoms. The maximum Gasteiger partial charge on any atom is 0.363 e. The van der Waals surface area contributed by atoms with Crippen molar-refractivity contribution in [3.05, 3.63) is 108 Å². The van der Waals surface area contributed by atoms with Crippen LogP contribution >= 0.6 is 0 Å². The average Bonchev–Trinajstić information content (AvgIpc) is 3.37. The predicted octanol–water partition coefficient (Wildman–Crippen LogP) is 4.26. The number of aliphatic imine (C=N–C) groups is 1. The van der Waals surface area contributed by atoms with Crippen molar-refractivity contribution < 1.29 is 14.3 Å². The van der Waals surface area contributed by atoms with Gasteiger partial charge in [0.2, 0.25) is 5.90 Å². The standard InChI is InChI=1S/C24H17N3O3/c28-24-21(26-23(30-24)18-6-2-1-3-7-18)14-17-9-11-20(12-10-17)29-16-19-15-27-13-5-4-8-22(27)25-19/h1-15H,16H2/b21-14+. The lowest BCUT2D eigenvalue weighted by Gasteiger charge is -2.04. The van der Waals surface area contributed by atoms with Crippen LogP contribution in [0.3, 0.4) is 0 Å². The zero-order valence-corrected chi connectivity index (χ0v) is 15.9. The first-order valence-corrected chi connectivity index (χ1v) is 9.48. The van der Waals surface area contributed by atoms with E-state index in [2.05, 4.69) is 9.98 Å². The van der Waals surface area contributed by atoms with Gasteiger partial charge in [0, 0.05) is 18.0 Å². The number of imidazole rings is 1. The zero-order chi connectivity index (χ0) is 20.3. The highest BCUT2D eigenvalue weighted by Crippen LogP contribution is 2.21. The third-order valence-corrected chi connectivity index (χ3v) is 4.63. The summed E-state index contributed by atoms with van der Waals surface area (Å²) in [4.78, 5) is 21.0. The van der Waals surface area contributed by atoms with E-state index in [1.807, 2.05) is 89.6 Å². The molecule has 0 bridgehead atoms. The Morgan fingerprint density at radius 3 is 2.57 bits per heavy atom. The molecule has 146 valence electrons. The van der Waals surface area contributed by atoms with Crippen LogP contribution in [-0.4, -0.2) is 21.3 Å². The summed E-state index contributed by atoms with van der Waals surface area (Å²) >= 11 is 0. The molecule has 0 amide bonds. The van der Waals surface area contributed by atoms with E-state index >= 15 is 0 Å². The maximum atomic E-state index is 12.1. The van der Waals surface area contributed by atoms with Gasteiger partial charge in [-0.25, -0.2) is 14.8 Å². The molecule has 0 N–H and O–H groups in total. The Morgan fingerprint density at radius 1 is 0.967 bits per heavy atom. The predicted molar refractivity (Wildman–Crippen MR) is 113 cm³/mol. The van der Waals surface area contributed by atoms with Gasteiger partial charge >= 0.3 is 5.97 Å². The molecule has 4 aromatic rings. The number of ether oxygens (including phenoxy) is 2. The topological polar surface area (TPSA) is 65.2 Å². The van der Waals surface area contributed by atoms with Gasteiger partial charge in [-0.15, -0.1) is 0 Å². The van der Waals surface area contributed by atoms with E-state index in [1.165, 1.54) is 0 Å². The molecule has 0 saturated heterocycles. The number of benzene rings is 2. The number of nitrogens with zero attached hydrogens (tertiary/aromatic N) is 3. The Balaban J connectivity index is 1.27. The van der Waals surface area contributed by atoms with Gasteiger partial charge in [0.1, 0.15) is 18.0 Å². The lowest BCUT2D eigenvalue weighted by Crippen LogP contribution is -2.04. The van der Waals surface area contributed by atoms with Crippen molar-refractivity contribution in [3.8, 4) is 5.75 Å². The van der Waals surface area contributed by atoms with Gasteiger partial charge in [-0.2, -0.15) is 0 Å². The number of esters is 1. The largest absolute Gasteiger partial charge is 0.487 e. The van der Waals surface area contributed by atoms with Crippen LogP contribution in [0.15, 0.2) is 95.9 Å². The molecule has 0 unspecified atom stereocenters. The van der Waals surface area contributed by atoms with Gasteiger partial charge in [0.05, 0.1) is 5.69 Å². The molecule has 0 aliphatic carbocycles. The summed E-state index contributed by atoms with van der Waals surface area (Å²) in [5, 5.41) is 0. The molecule has 0 radical (unpaired) electrons. The minimum Gasteiger partial charge on any atom is -0.487 e. The third kappa shape index (κ3) is 3.71. The number of cyclic esters (lactones) is 1. The Labute approximate surface area is 172 Å². The number of pyridine rings is 1. The van der Waals surface area contributed by atoms with Crippen LogP contribution in [-0.2, 0) is 16.1 Å². The molecule has 0 atom stereocenters. The second-order valence-electron chi connectivity index (χ2n) is 6.76. The van der Waals surface area contributed by atoms with Crippen molar-refractivity contribution in [3.63, 3.8) is 0 Å². The summed E-state index contributed by atoms with van der Waals surface area (Å²) in [5.41, 5.74) is 3.61. The molecular formula is C24H17N3O3. The lowest BCUT2D eigenvalue weighted by atomic mass is 10.2. The van der Waals surface area contributed by atoms with E-state index < -0.39 is 5.97 Å². The van der Waals surface area contributed by atoms with E-state index in [1.54, 1.807) is 6.08 Å². The van der Waals surface area contributed by atoms with Crippen molar-refractivity contribution in [1.82, 2.24) is 9.38 Å². The average molecular weight is 395 g/mol. The van der Waals surface area contributed by atoms with Gasteiger partial charge in [-0.05, 0) is 48.0 Å². The maximum absolute atomic E-state index is 12.1. The monoisotopic (exact) mass is 395 g/mol. The van der Waals surface area contributed by atoms with Crippen molar-refractivity contribution in [2.45, 2.75) is 6.61 Å². The number of aromatic nitrogens is 2. The highest BCUT2D eigenvalue weighted by Gasteiger charge is 2.23. The number of hydrogen-bond donors (Lipinski definition) is 0. The highest BCUT2D eigenvalue weighted by molar-refractivity contribution is 6.12. The van der Waals surface area contributed by atoms with Gasteiger partial charge in [-0.1, -0.05) is 36.4 Å². The van der Waals surface area contributed by atoms with Crippen LogP contribution in [0.25, 0.3) is 11.7 Å². The van der Waals surface area contributed by atoms with Crippen LogP contribution in [0.5, 0.6) is 5.75 Å². The molecule has 3 heterocycles. The van der Waals surface area contributed by atoms with Crippen LogP contribution in [0.1, 0.15) is 16.8 Å². The molecule has 0 fully saturated rings. The van der Waals surface area contributed by atoms with Crippen LogP contribution in [0.2, 0.25) is 0 Å². The highest BCUT2D eigenvalue weighted by atomic mass is 16.6. The summed E-state index contributed by atoms with van der Waals surface area (Å²) in [6.45, 7) is 0.374. The SMILES string of the molecule is O=C1OC(c2ccccc2)=N/C1=C/c1ccc(OCc2cn3ccccc3n2)cc1. The fourth-order valence-corrected chi connectivity index (χ4v) is 3.15. The second kappa shape index (κ2) is 7.67. The van der Waals surface area contributed by atoms with E-state index in [0.29, 0.717) is 12.5 Å². The molecule has 1 aliphatic heterocycles. The Bertz CT molecular complexity index is 1240. The molecule has 0 saturated carbocycles. The fraction of sp³-hybridized carbons (Fsp3) is 0.0417. The molecule has 6 nitrogen and oxygen atoms in total. The minimum absolute atomic E-state index is 0.271. The number of hydrogen-bond acceptors (Lipinski definition) is 5. The van der Waals surface area contributed by atoms with Gasteiger partial charge in [-0.3, -0.25) is 0 Å². The Morgan fingerprint density at radius 2 is 1.77 bits per heavy atom. The normalized spacial score (nSPS) is 14.7. The van der Waals surface area contributed by atoms with Crippen LogP contribution in [0, 0.1) is 0 Å². The zero-order valence-electron chi connectivity index (χ0n) is 15.9. The van der Waals surface area contributed by atoms with E-state index in [0.717, 1.165) is 28.2 Å². The smallest absolute Gasteiger partial charge is 0.363 e. The summed E-state index contributed by atoms with van der Waals surface area (Å²) < 4.78 is 13.1. The first kappa shape index (κ1) is 17.9. The summed E-state index contributed by atoms with van der Waals surface area (Å²) in [5.74, 6) is 0.581.